The van der Waals surface area contributed by atoms with Crippen LogP contribution in [0.2, 0.25) is 0 Å². The molecule has 0 saturated carbocycles. The zero-order valence-corrected chi connectivity index (χ0v) is 11.0. The summed E-state index contributed by atoms with van der Waals surface area (Å²) < 4.78 is 24.3. The number of nitrogens with two attached hydrogens (primary N) is 1. The minimum atomic E-state index is -3.87. The fourth-order valence-electron chi connectivity index (χ4n) is 1.40. The van der Waals surface area contributed by atoms with Crippen LogP contribution in [0, 0.1) is 11.3 Å². The van der Waals surface area contributed by atoms with E-state index in [-0.39, 0.29) is 9.77 Å². The van der Waals surface area contributed by atoms with Gasteiger partial charge in [0.15, 0.2) is 0 Å². The predicted octanol–water partition coefficient (Wildman–Crippen LogP) is 2.18. The average molecular weight is 317 g/mol. The Kier molecular flexibility index (Phi) is 2.75. The Hall–Kier alpha value is -0.940. The molecule has 0 aliphatic heterocycles. The van der Waals surface area contributed by atoms with Crippen molar-refractivity contribution in [2.24, 2.45) is 5.14 Å². The topological polar surface area (TPSA) is 83.9 Å². The third-order valence-electron chi connectivity index (χ3n) is 1.99. The van der Waals surface area contributed by atoms with Crippen LogP contribution in [0.15, 0.2) is 27.6 Å². The van der Waals surface area contributed by atoms with Crippen LogP contribution in [0.1, 0.15) is 4.88 Å². The van der Waals surface area contributed by atoms with Gasteiger partial charge >= 0.3 is 0 Å². The summed E-state index contributed by atoms with van der Waals surface area (Å²) in [4.78, 5) is 0.0399. The zero-order chi connectivity index (χ0) is 11.9. The third-order valence-corrected chi connectivity index (χ3v) is 4.67. The first kappa shape index (κ1) is 11.5. The maximum Gasteiger partial charge on any atom is 0.240 e. The molecule has 0 radical (unpaired) electrons. The molecule has 82 valence electrons. The Labute approximate surface area is 104 Å². The van der Waals surface area contributed by atoms with E-state index < -0.39 is 10.0 Å². The van der Waals surface area contributed by atoms with Crippen molar-refractivity contribution in [2.75, 3.05) is 0 Å². The van der Waals surface area contributed by atoms with Crippen molar-refractivity contribution in [3.05, 3.63) is 27.5 Å². The van der Waals surface area contributed by atoms with Crippen molar-refractivity contribution >= 4 is 47.4 Å². The standard InChI is InChI=1S/C9H5BrN2O2S2/c10-5-1-2-6-7(3-5)15-8(4-11)9(6)16(12,13)14/h1-3H,(H2,12,13,14). The Morgan fingerprint density at radius 2 is 2.12 bits per heavy atom. The maximum atomic E-state index is 11.4. The van der Waals surface area contributed by atoms with Crippen LogP contribution in [0.3, 0.4) is 0 Å². The maximum absolute atomic E-state index is 11.4. The fourth-order valence-corrected chi connectivity index (χ4v) is 4.18. The summed E-state index contributed by atoms with van der Waals surface area (Å²) in [6, 6.07) is 6.96. The SMILES string of the molecule is N#Cc1sc2cc(Br)ccc2c1S(N)(=O)=O. The van der Waals surface area contributed by atoms with Crippen LogP contribution in [0.5, 0.6) is 0 Å². The number of thiophene rings is 1. The summed E-state index contributed by atoms with van der Waals surface area (Å²) in [6.07, 6.45) is 0. The van der Waals surface area contributed by atoms with Gasteiger partial charge in [0, 0.05) is 14.6 Å². The van der Waals surface area contributed by atoms with Crippen LogP contribution >= 0.6 is 27.3 Å². The lowest BCUT2D eigenvalue weighted by Gasteiger charge is -1.96. The van der Waals surface area contributed by atoms with Crippen LogP contribution < -0.4 is 5.14 Å². The number of rotatable bonds is 1. The molecular formula is C9H5BrN2O2S2. The van der Waals surface area contributed by atoms with E-state index in [0.717, 1.165) is 20.5 Å². The summed E-state index contributed by atoms with van der Waals surface area (Å²) in [5.41, 5.74) is 0. The Morgan fingerprint density at radius 3 is 2.69 bits per heavy atom. The second kappa shape index (κ2) is 3.82. The van der Waals surface area contributed by atoms with Gasteiger partial charge in [-0.15, -0.1) is 11.3 Å². The molecule has 7 heteroatoms. The summed E-state index contributed by atoms with van der Waals surface area (Å²) in [5.74, 6) is 0. The van der Waals surface area contributed by atoms with Gasteiger partial charge in [-0.1, -0.05) is 22.0 Å². The van der Waals surface area contributed by atoms with Gasteiger partial charge in [-0.05, 0) is 12.1 Å². The molecule has 1 aromatic heterocycles. The number of nitrogens with zero attached hydrogens (tertiary/aromatic N) is 1. The molecule has 0 unspecified atom stereocenters. The first-order chi connectivity index (χ1) is 7.43. The summed E-state index contributed by atoms with van der Waals surface area (Å²) in [7, 11) is -3.87. The van der Waals surface area contributed by atoms with Gasteiger partial charge in [-0.25, -0.2) is 13.6 Å². The molecule has 2 aromatic rings. The summed E-state index contributed by atoms with van der Waals surface area (Å²) in [5, 5.41) is 14.5. The quantitative estimate of drug-likeness (QED) is 0.875. The van der Waals surface area contributed by atoms with Gasteiger partial charge in [0.05, 0.1) is 0 Å². The van der Waals surface area contributed by atoms with Gasteiger partial charge in [0.2, 0.25) is 10.0 Å². The summed E-state index contributed by atoms with van der Waals surface area (Å²) in [6.45, 7) is 0. The van der Waals surface area contributed by atoms with E-state index in [1.807, 2.05) is 6.07 Å². The molecular weight excluding hydrogens is 312 g/mol. The first-order valence-electron chi connectivity index (χ1n) is 4.08. The minimum absolute atomic E-state index is 0.0810. The lowest BCUT2D eigenvalue weighted by molar-refractivity contribution is 0.598. The highest BCUT2D eigenvalue weighted by atomic mass is 79.9. The molecule has 2 N–H and O–H groups in total. The molecule has 1 heterocycles. The predicted molar refractivity (Wildman–Crippen MR) is 65.6 cm³/mol. The second-order valence-electron chi connectivity index (χ2n) is 3.06. The molecule has 2 rings (SSSR count). The zero-order valence-electron chi connectivity index (χ0n) is 7.77. The van der Waals surface area contributed by atoms with Gasteiger partial charge in [-0.2, -0.15) is 5.26 Å². The fraction of sp³-hybridized carbons (Fsp3) is 0. The van der Waals surface area contributed by atoms with Crippen LogP contribution in [0.4, 0.5) is 0 Å². The van der Waals surface area contributed by atoms with Crippen LogP contribution in [0.25, 0.3) is 10.1 Å². The summed E-state index contributed by atoms with van der Waals surface area (Å²) >= 11 is 4.40. The van der Waals surface area contributed by atoms with E-state index in [0.29, 0.717) is 5.39 Å². The van der Waals surface area contributed by atoms with Gasteiger partial charge in [0.25, 0.3) is 0 Å². The van der Waals surface area contributed by atoms with Gasteiger partial charge < -0.3 is 0 Å². The van der Waals surface area contributed by atoms with E-state index in [2.05, 4.69) is 15.9 Å². The van der Waals surface area contributed by atoms with E-state index in [1.165, 1.54) is 0 Å². The Bertz CT molecular complexity index is 713. The molecule has 4 nitrogen and oxygen atoms in total. The number of sulfonamides is 1. The van der Waals surface area contributed by atoms with E-state index in [9.17, 15) is 8.42 Å². The van der Waals surface area contributed by atoms with Crippen LogP contribution in [-0.4, -0.2) is 8.42 Å². The average Bonchev–Trinajstić information content (AvgIpc) is 2.54. The molecule has 0 fully saturated rings. The first-order valence-corrected chi connectivity index (χ1v) is 7.24. The highest BCUT2D eigenvalue weighted by molar-refractivity contribution is 9.10. The van der Waals surface area contributed by atoms with Crippen molar-refractivity contribution in [1.29, 1.82) is 5.26 Å². The van der Waals surface area contributed by atoms with E-state index >= 15 is 0 Å². The number of nitriles is 1. The molecule has 0 spiro atoms. The van der Waals surface area contributed by atoms with Crippen LogP contribution in [-0.2, 0) is 10.0 Å². The number of benzene rings is 1. The number of hydrogen-bond donors (Lipinski definition) is 1. The minimum Gasteiger partial charge on any atom is -0.225 e. The number of fused-ring (bicyclic) bond motifs is 1. The Balaban J connectivity index is 2.97. The Morgan fingerprint density at radius 1 is 1.44 bits per heavy atom. The number of primary sulfonamides is 1. The molecule has 0 bridgehead atoms. The van der Waals surface area contributed by atoms with Crippen molar-refractivity contribution in [3.8, 4) is 6.07 Å². The molecule has 0 aliphatic carbocycles. The van der Waals surface area contributed by atoms with Crippen molar-refractivity contribution in [2.45, 2.75) is 4.90 Å². The molecule has 0 aliphatic rings. The monoisotopic (exact) mass is 316 g/mol. The highest BCUT2D eigenvalue weighted by Crippen LogP contribution is 2.35. The largest absolute Gasteiger partial charge is 0.240 e. The highest BCUT2D eigenvalue weighted by Gasteiger charge is 2.21. The second-order valence-corrected chi connectivity index (χ2v) is 6.52. The molecule has 16 heavy (non-hydrogen) atoms. The van der Waals surface area contributed by atoms with Gasteiger partial charge in [-0.3, -0.25) is 0 Å². The molecule has 0 atom stereocenters. The smallest absolute Gasteiger partial charge is 0.225 e. The van der Waals surface area contributed by atoms with Gasteiger partial charge in [0.1, 0.15) is 15.8 Å². The lowest BCUT2D eigenvalue weighted by Crippen LogP contribution is -2.12. The van der Waals surface area contributed by atoms with E-state index in [1.54, 1.807) is 18.2 Å². The number of hydrogen-bond acceptors (Lipinski definition) is 4. The third kappa shape index (κ3) is 1.85. The van der Waals surface area contributed by atoms with E-state index in [4.69, 9.17) is 10.4 Å². The molecule has 0 amide bonds. The molecule has 0 saturated heterocycles. The normalized spacial score (nSPS) is 11.6. The van der Waals surface area contributed by atoms with Crippen molar-refractivity contribution in [1.82, 2.24) is 0 Å². The number of halogens is 1. The molecule has 1 aromatic carbocycles. The lowest BCUT2D eigenvalue weighted by atomic mass is 10.2. The van der Waals surface area contributed by atoms with Crippen molar-refractivity contribution < 1.29 is 8.42 Å². The van der Waals surface area contributed by atoms with Crippen molar-refractivity contribution in [3.63, 3.8) is 0 Å².